The molecule has 0 bridgehead atoms. The van der Waals surface area contributed by atoms with Crippen molar-refractivity contribution in [1.82, 2.24) is 4.98 Å². The molecule has 0 unspecified atom stereocenters. The van der Waals surface area contributed by atoms with Crippen molar-refractivity contribution >= 4 is 32.9 Å². The van der Waals surface area contributed by atoms with Crippen LogP contribution in [-0.4, -0.2) is 10.8 Å². The lowest BCUT2D eigenvalue weighted by molar-refractivity contribution is -0.114. The minimum Gasteiger partial charge on any atom is -0.294 e. The van der Waals surface area contributed by atoms with Crippen LogP contribution in [0.1, 0.15) is 31.7 Å². The highest BCUT2D eigenvalue weighted by atomic mass is 32.1. The number of para-hydroxylation sites is 1. The molecule has 1 heterocycles. The Hall–Kier alpha value is -1.48. The summed E-state index contributed by atoms with van der Waals surface area (Å²) >= 11 is 1.61. The first-order valence-electron chi connectivity index (χ1n) is 6.17. The number of carbonyl (C=O) groups is 1. The van der Waals surface area contributed by atoms with Crippen LogP contribution in [0.2, 0.25) is 0 Å². The van der Waals surface area contributed by atoms with Crippen LogP contribution >= 0.6 is 11.3 Å². The number of fused-ring (bicyclic) bond motifs is 1. The quantitative estimate of drug-likeness (QED) is 0.771. The van der Waals surface area contributed by atoms with Gasteiger partial charge < -0.3 is 0 Å². The number of nitrogens with zero attached hydrogens (tertiary/aromatic N) is 1. The van der Waals surface area contributed by atoms with Crippen LogP contribution in [0.3, 0.4) is 0 Å². The summed E-state index contributed by atoms with van der Waals surface area (Å²) in [5, 5.41) is 0.869. The Morgan fingerprint density at radius 3 is 2.83 bits per heavy atom. The third kappa shape index (κ3) is 1.99. The number of aromatic nitrogens is 1. The molecule has 0 aliphatic heterocycles. The number of benzene rings is 1. The predicted molar refractivity (Wildman–Crippen MR) is 75.6 cm³/mol. The molecule has 0 spiro atoms. The van der Waals surface area contributed by atoms with Gasteiger partial charge in [-0.25, -0.2) is 4.98 Å². The van der Waals surface area contributed by atoms with Gasteiger partial charge in [-0.2, -0.15) is 0 Å². The normalized spacial score (nSPS) is 19.0. The maximum atomic E-state index is 12.1. The lowest BCUT2D eigenvalue weighted by Gasteiger charge is -2.25. The molecule has 0 fully saturated rings. The molecule has 0 radical (unpaired) electrons. The number of allylic oxidation sites excluding steroid dienone is 2. The molecule has 18 heavy (non-hydrogen) atoms. The first kappa shape index (κ1) is 11.6. The molecular weight excluding hydrogens is 242 g/mol. The second-order valence-corrected chi connectivity index (χ2v) is 6.49. The van der Waals surface area contributed by atoms with E-state index in [0.717, 1.165) is 27.2 Å². The molecule has 2 nitrogen and oxygen atoms in total. The Bertz CT molecular complexity index is 618. The van der Waals surface area contributed by atoms with Crippen molar-refractivity contribution in [2.45, 2.75) is 26.7 Å². The van der Waals surface area contributed by atoms with Crippen molar-refractivity contribution < 1.29 is 4.79 Å². The van der Waals surface area contributed by atoms with Gasteiger partial charge in [-0.05, 0) is 24.0 Å². The summed E-state index contributed by atoms with van der Waals surface area (Å²) in [6, 6.07) is 8.03. The van der Waals surface area contributed by atoms with E-state index in [-0.39, 0.29) is 11.2 Å². The predicted octanol–water partition coefficient (Wildman–Crippen LogP) is 4.07. The van der Waals surface area contributed by atoms with Gasteiger partial charge in [-0.3, -0.25) is 4.79 Å². The molecule has 0 N–H and O–H groups in total. The first-order chi connectivity index (χ1) is 8.55. The van der Waals surface area contributed by atoms with E-state index in [0.29, 0.717) is 6.42 Å². The van der Waals surface area contributed by atoms with E-state index in [1.807, 2.05) is 18.2 Å². The fourth-order valence-electron chi connectivity index (χ4n) is 2.28. The molecule has 0 amide bonds. The molecule has 0 saturated carbocycles. The Morgan fingerprint density at radius 2 is 2.06 bits per heavy atom. The SMILES string of the molecule is CC1(C)C=C(c2nc3ccccc3s2)C(=O)CC1. The summed E-state index contributed by atoms with van der Waals surface area (Å²) in [6.45, 7) is 4.35. The number of ketones is 1. The molecule has 1 aromatic carbocycles. The molecule has 1 aromatic heterocycles. The highest BCUT2D eigenvalue weighted by Crippen LogP contribution is 2.37. The summed E-state index contributed by atoms with van der Waals surface area (Å²) in [5.74, 6) is 0.230. The largest absolute Gasteiger partial charge is 0.294 e. The minimum absolute atomic E-state index is 0.0983. The van der Waals surface area contributed by atoms with Gasteiger partial charge in [0.2, 0.25) is 0 Å². The topological polar surface area (TPSA) is 30.0 Å². The third-order valence-corrected chi connectivity index (χ3v) is 4.43. The maximum absolute atomic E-state index is 12.1. The molecule has 3 rings (SSSR count). The summed E-state index contributed by atoms with van der Waals surface area (Å²) in [5.41, 5.74) is 1.89. The Balaban J connectivity index is 2.13. The zero-order valence-corrected chi connectivity index (χ0v) is 11.4. The number of thiazole rings is 1. The molecular formula is C15H15NOS. The molecule has 92 valence electrons. The van der Waals surface area contributed by atoms with Gasteiger partial charge in [0, 0.05) is 6.42 Å². The standard InChI is InChI=1S/C15H15NOS/c1-15(2)8-7-12(17)10(9-15)14-16-11-5-3-4-6-13(11)18-14/h3-6,9H,7-8H2,1-2H3. The number of hydrogen-bond donors (Lipinski definition) is 0. The Morgan fingerprint density at radius 1 is 1.28 bits per heavy atom. The van der Waals surface area contributed by atoms with Crippen LogP contribution in [0.5, 0.6) is 0 Å². The van der Waals surface area contributed by atoms with Crippen LogP contribution in [-0.2, 0) is 4.79 Å². The van der Waals surface area contributed by atoms with Gasteiger partial charge in [-0.15, -0.1) is 11.3 Å². The number of hydrogen-bond acceptors (Lipinski definition) is 3. The Labute approximate surface area is 110 Å². The smallest absolute Gasteiger partial charge is 0.165 e. The zero-order chi connectivity index (χ0) is 12.8. The fourth-order valence-corrected chi connectivity index (χ4v) is 3.28. The van der Waals surface area contributed by atoms with E-state index in [9.17, 15) is 4.79 Å². The molecule has 0 atom stereocenters. The van der Waals surface area contributed by atoms with Crippen LogP contribution in [0.4, 0.5) is 0 Å². The van der Waals surface area contributed by atoms with E-state index < -0.39 is 0 Å². The fraction of sp³-hybridized carbons (Fsp3) is 0.333. The van der Waals surface area contributed by atoms with Gasteiger partial charge in [-0.1, -0.05) is 32.1 Å². The van der Waals surface area contributed by atoms with Crippen molar-refractivity contribution in [3.8, 4) is 0 Å². The van der Waals surface area contributed by atoms with Crippen molar-refractivity contribution in [1.29, 1.82) is 0 Å². The first-order valence-corrected chi connectivity index (χ1v) is 6.99. The van der Waals surface area contributed by atoms with E-state index in [4.69, 9.17) is 0 Å². The van der Waals surface area contributed by atoms with Crippen LogP contribution in [0.25, 0.3) is 15.8 Å². The lowest BCUT2D eigenvalue weighted by Crippen LogP contribution is -2.19. The Kier molecular flexibility index (Phi) is 2.59. The minimum atomic E-state index is 0.0983. The second kappa shape index (κ2) is 4.02. The van der Waals surface area contributed by atoms with Crippen LogP contribution < -0.4 is 0 Å². The van der Waals surface area contributed by atoms with Crippen LogP contribution in [0.15, 0.2) is 30.3 Å². The highest BCUT2D eigenvalue weighted by Gasteiger charge is 2.28. The van der Waals surface area contributed by atoms with Crippen molar-refractivity contribution in [2.75, 3.05) is 0 Å². The van der Waals surface area contributed by atoms with Gasteiger partial charge in [0.25, 0.3) is 0 Å². The third-order valence-electron chi connectivity index (χ3n) is 3.36. The van der Waals surface area contributed by atoms with Crippen molar-refractivity contribution in [2.24, 2.45) is 5.41 Å². The highest BCUT2D eigenvalue weighted by molar-refractivity contribution is 7.19. The number of Topliss-reactive ketones (excluding diaryl/α,β-unsaturated/α-hetero) is 1. The average molecular weight is 257 g/mol. The van der Waals surface area contributed by atoms with Crippen molar-refractivity contribution in [3.05, 3.63) is 35.3 Å². The second-order valence-electron chi connectivity index (χ2n) is 5.46. The molecule has 3 heteroatoms. The summed E-state index contributed by atoms with van der Waals surface area (Å²) < 4.78 is 1.14. The number of carbonyl (C=O) groups excluding carboxylic acids is 1. The maximum Gasteiger partial charge on any atom is 0.165 e. The summed E-state index contributed by atoms with van der Waals surface area (Å²) in [7, 11) is 0. The summed E-state index contributed by atoms with van der Waals surface area (Å²) in [6.07, 6.45) is 3.66. The molecule has 0 saturated heterocycles. The van der Waals surface area contributed by atoms with E-state index in [2.05, 4.69) is 31.0 Å². The monoisotopic (exact) mass is 257 g/mol. The van der Waals surface area contributed by atoms with Gasteiger partial charge in [0.05, 0.1) is 15.8 Å². The summed E-state index contributed by atoms with van der Waals surface area (Å²) in [4.78, 5) is 16.6. The lowest BCUT2D eigenvalue weighted by atomic mass is 9.79. The number of rotatable bonds is 1. The van der Waals surface area contributed by atoms with E-state index >= 15 is 0 Å². The molecule has 1 aliphatic carbocycles. The van der Waals surface area contributed by atoms with Gasteiger partial charge in [0.1, 0.15) is 5.01 Å². The van der Waals surface area contributed by atoms with Crippen molar-refractivity contribution in [3.63, 3.8) is 0 Å². The van der Waals surface area contributed by atoms with E-state index in [1.54, 1.807) is 11.3 Å². The van der Waals surface area contributed by atoms with E-state index in [1.165, 1.54) is 0 Å². The van der Waals surface area contributed by atoms with Gasteiger partial charge in [0.15, 0.2) is 5.78 Å². The zero-order valence-electron chi connectivity index (χ0n) is 10.6. The van der Waals surface area contributed by atoms with Gasteiger partial charge >= 0.3 is 0 Å². The molecule has 1 aliphatic rings. The van der Waals surface area contributed by atoms with Crippen LogP contribution in [0, 0.1) is 5.41 Å². The molecule has 2 aromatic rings. The average Bonchev–Trinajstić information content (AvgIpc) is 2.76.